The summed E-state index contributed by atoms with van der Waals surface area (Å²) in [5.41, 5.74) is 2.39. The molecule has 0 amide bonds. The Kier molecular flexibility index (Phi) is 7.35. The van der Waals surface area contributed by atoms with Gasteiger partial charge in [0.1, 0.15) is 0 Å². The van der Waals surface area contributed by atoms with Crippen molar-refractivity contribution in [2.45, 2.75) is 32.5 Å². The van der Waals surface area contributed by atoms with E-state index in [4.69, 9.17) is 4.74 Å². The smallest absolute Gasteiger partial charge is 0.191 e. The second-order valence-corrected chi connectivity index (χ2v) is 6.25. The van der Waals surface area contributed by atoms with Gasteiger partial charge in [0.2, 0.25) is 0 Å². The van der Waals surface area contributed by atoms with Gasteiger partial charge in [0.25, 0.3) is 0 Å². The second-order valence-electron chi connectivity index (χ2n) is 6.25. The van der Waals surface area contributed by atoms with Crippen LogP contribution in [0.3, 0.4) is 0 Å². The summed E-state index contributed by atoms with van der Waals surface area (Å²) < 4.78 is 5.41. The highest BCUT2D eigenvalue weighted by Gasteiger charge is 2.16. The van der Waals surface area contributed by atoms with Crippen molar-refractivity contribution in [1.29, 1.82) is 0 Å². The molecular formula is C17H30N4O. The molecule has 0 unspecified atom stereocenters. The van der Waals surface area contributed by atoms with E-state index in [9.17, 15) is 0 Å². The molecule has 22 heavy (non-hydrogen) atoms. The molecule has 0 heterocycles. The molecule has 5 nitrogen and oxygen atoms in total. The maximum Gasteiger partial charge on any atom is 0.191 e. The van der Waals surface area contributed by atoms with Gasteiger partial charge in [0, 0.05) is 33.8 Å². The first-order chi connectivity index (χ1) is 10.4. The Morgan fingerprint density at radius 1 is 1.18 bits per heavy atom. The number of aliphatic imine (C=N–C) groups is 1. The van der Waals surface area contributed by atoms with E-state index in [2.05, 4.69) is 58.9 Å². The predicted octanol–water partition coefficient (Wildman–Crippen LogP) is 1.84. The molecule has 1 rings (SSSR count). The summed E-state index contributed by atoms with van der Waals surface area (Å²) in [6.07, 6.45) is 0. The Bertz CT molecular complexity index is 483. The fourth-order valence-corrected chi connectivity index (χ4v) is 1.99. The monoisotopic (exact) mass is 306 g/mol. The zero-order chi connectivity index (χ0) is 16.6. The first kappa shape index (κ1) is 18.5. The van der Waals surface area contributed by atoms with Crippen LogP contribution in [0.1, 0.15) is 25.0 Å². The highest BCUT2D eigenvalue weighted by Crippen LogP contribution is 2.10. The minimum atomic E-state index is -0.222. The summed E-state index contributed by atoms with van der Waals surface area (Å²) in [7, 11) is 7.66. The molecule has 0 fully saturated rings. The van der Waals surface area contributed by atoms with Gasteiger partial charge in [-0.25, -0.2) is 0 Å². The van der Waals surface area contributed by atoms with Crippen LogP contribution in [-0.4, -0.2) is 51.3 Å². The molecule has 1 aromatic carbocycles. The molecule has 0 saturated heterocycles. The van der Waals surface area contributed by atoms with Crippen LogP contribution in [0.15, 0.2) is 29.3 Å². The first-order valence-electron chi connectivity index (χ1n) is 7.59. The fraction of sp³-hybridized carbons (Fsp3) is 0.588. The largest absolute Gasteiger partial charge is 0.377 e. The van der Waals surface area contributed by atoms with Crippen molar-refractivity contribution in [2.24, 2.45) is 4.99 Å². The number of hydrogen-bond acceptors (Lipinski definition) is 3. The number of guanidine groups is 1. The Labute approximate surface area is 134 Å². The van der Waals surface area contributed by atoms with E-state index in [1.165, 1.54) is 11.1 Å². The lowest BCUT2D eigenvalue weighted by Crippen LogP contribution is -2.45. The summed E-state index contributed by atoms with van der Waals surface area (Å²) in [5, 5.41) is 6.66. The number of rotatable bonds is 7. The van der Waals surface area contributed by atoms with E-state index in [1.54, 1.807) is 14.2 Å². The summed E-state index contributed by atoms with van der Waals surface area (Å²) in [4.78, 5) is 6.43. The van der Waals surface area contributed by atoms with E-state index in [1.807, 2.05) is 13.8 Å². The van der Waals surface area contributed by atoms with Crippen molar-refractivity contribution in [3.05, 3.63) is 35.4 Å². The van der Waals surface area contributed by atoms with E-state index < -0.39 is 0 Å². The molecule has 5 heteroatoms. The van der Waals surface area contributed by atoms with Crippen molar-refractivity contribution in [1.82, 2.24) is 15.5 Å². The summed E-state index contributed by atoms with van der Waals surface area (Å²) in [6, 6.07) is 8.47. The van der Waals surface area contributed by atoms with Gasteiger partial charge < -0.3 is 20.3 Å². The number of ether oxygens (including phenoxy) is 1. The van der Waals surface area contributed by atoms with Crippen LogP contribution in [0.25, 0.3) is 0 Å². The second kappa shape index (κ2) is 8.76. The molecule has 2 N–H and O–H groups in total. The maximum atomic E-state index is 5.41. The zero-order valence-electron chi connectivity index (χ0n) is 14.7. The molecule has 0 aromatic heterocycles. The van der Waals surface area contributed by atoms with Crippen LogP contribution >= 0.6 is 0 Å². The maximum absolute atomic E-state index is 5.41. The van der Waals surface area contributed by atoms with Crippen molar-refractivity contribution < 1.29 is 4.74 Å². The number of benzene rings is 1. The molecule has 0 aliphatic rings. The average molecular weight is 306 g/mol. The van der Waals surface area contributed by atoms with Gasteiger partial charge in [-0.3, -0.25) is 4.99 Å². The molecular weight excluding hydrogens is 276 g/mol. The SMILES string of the molecule is CN=C(NCc1ccccc1CN(C)C)NCC(C)(C)OC. The van der Waals surface area contributed by atoms with Crippen molar-refractivity contribution in [3.63, 3.8) is 0 Å². The molecule has 1 aromatic rings. The topological polar surface area (TPSA) is 48.9 Å². The lowest BCUT2D eigenvalue weighted by atomic mass is 10.1. The highest BCUT2D eigenvalue weighted by molar-refractivity contribution is 5.79. The summed E-state index contributed by atoms with van der Waals surface area (Å²) >= 11 is 0. The third-order valence-corrected chi connectivity index (χ3v) is 3.51. The van der Waals surface area contributed by atoms with Crippen LogP contribution in [0.4, 0.5) is 0 Å². The van der Waals surface area contributed by atoms with Gasteiger partial charge in [-0.15, -0.1) is 0 Å². The fourth-order valence-electron chi connectivity index (χ4n) is 1.99. The summed E-state index contributed by atoms with van der Waals surface area (Å²) in [5.74, 6) is 0.782. The van der Waals surface area contributed by atoms with E-state index in [0.717, 1.165) is 19.0 Å². The number of hydrogen-bond donors (Lipinski definition) is 2. The lowest BCUT2D eigenvalue weighted by Gasteiger charge is -2.24. The normalized spacial score (nSPS) is 12.6. The Morgan fingerprint density at radius 3 is 2.36 bits per heavy atom. The molecule has 0 spiro atoms. The predicted molar refractivity (Wildman–Crippen MR) is 93.1 cm³/mol. The molecule has 0 aliphatic heterocycles. The van der Waals surface area contributed by atoms with Crippen LogP contribution in [0, 0.1) is 0 Å². The van der Waals surface area contributed by atoms with E-state index in [-0.39, 0.29) is 5.60 Å². The number of methoxy groups -OCH3 is 1. The van der Waals surface area contributed by atoms with Gasteiger partial charge in [0.15, 0.2) is 5.96 Å². The minimum absolute atomic E-state index is 0.222. The minimum Gasteiger partial charge on any atom is -0.377 e. The van der Waals surface area contributed by atoms with Crippen LogP contribution in [-0.2, 0) is 17.8 Å². The number of nitrogens with zero attached hydrogens (tertiary/aromatic N) is 2. The lowest BCUT2D eigenvalue weighted by molar-refractivity contribution is 0.0268. The van der Waals surface area contributed by atoms with Crippen molar-refractivity contribution in [3.8, 4) is 0 Å². The average Bonchev–Trinajstić information content (AvgIpc) is 2.48. The van der Waals surface area contributed by atoms with Gasteiger partial charge in [-0.1, -0.05) is 24.3 Å². The Morgan fingerprint density at radius 2 is 1.82 bits per heavy atom. The molecule has 0 radical (unpaired) electrons. The van der Waals surface area contributed by atoms with Crippen LogP contribution in [0.2, 0.25) is 0 Å². The first-order valence-corrected chi connectivity index (χ1v) is 7.59. The van der Waals surface area contributed by atoms with Crippen molar-refractivity contribution >= 4 is 5.96 Å². The highest BCUT2D eigenvalue weighted by atomic mass is 16.5. The molecule has 0 bridgehead atoms. The van der Waals surface area contributed by atoms with Crippen molar-refractivity contribution in [2.75, 3.05) is 34.8 Å². The molecule has 124 valence electrons. The van der Waals surface area contributed by atoms with E-state index in [0.29, 0.717) is 6.54 Å². The van der Waals surface area contributed by atoms with Crippen LogP contribution < -0.4 is 10.6 Å². The van der Waals surface area contributed by atoms with Gasteiger partial charge in [-0.05, 0) is 39.1 Å². The standard InChI is InChI=1S/C17H30N4O/c1-17(2,22-6)13-20-16(18-3)19-11-14-9-7-8-10-15(14)12-21(4)5/h7-10H,11-13H2,1-6H3,(H2,18,19,20). The Hall–Kier alpha value is -1.59. The zero-order valence-corrected chi connectivity index (χ0v) is 14.7. The quantitative estimate of drug-likeness (QED) is 0.596. The molecule has 0 saturated carbocycles. The summed E-state index contributed by atoms with van der Waals surface area (Å²) in [6.45, 7) is 6.46. The third kappa shape index (κ3) is 6.45. The molecule has 0 atom stereocenters. The third-order valence-electron chi connectivity index (χ3n) is 3.51. The van der Waals surface area contributed by atoms with Crippen LogP contribution in [0.5, 0.6) is 0 Å². The van der Waals surface area contributed by atoms with Gasteiger partial charge >= 0.3 is 0 Å². The van der Waals surface area contributed by atoms with Gasteiger partial charge in [-0.2, -0.15) is 0 Å². The molecule has 0 aliphatic carbocycles. The number of nitrogens with one attached hydrogen (secondary N) is 2. The Balaban J connectivity index is 2.60. The van der Waals surface area contributed by atoms with E-state index >= 15 is 0 Å². The van der Waals surface area contributed by atoms with Gasteiger partial charge in [0.05, 0.1) is 5.60 Å².